The van der Waals surface area contributed by atoms with E-state index in [2.05, 4.69) is 65.8 Å². The molecular formula is C81H154O17P2. The summed E-state index contributed by atoms with van der Waals surface area (Å²) in [7, 11) is -9.93. The summed E-state index contributed by atoms with van der Waals surface area (Å²) in [6.07, 6.45) is 64.4. The Hall–Kier alpha value is -2.46. The first-order chi connectivity index (χ1) is 48.4. The van der Waals surface area contributed by atoms with E-state index in [9.17, 15) is 43.2 Å². The van der Waals surface area contributed by atoms with Crippen molar-refractivity contribution in [3.05, 3.63) is 24.3 Å². The number of phosphoric ester groups is 2. The van der Waals surface area contributed by atoms with E-state index in [-0.39, 0.29) is 25.7 Å². The number of carbonyl (C=O) groups is 4. The van der Waals surface area contributed by atoms with Crippen LogP contribution >= 0.6 is 15.6 Å². The maximum absolute atomic E-state index is 13.1. The molecule has 0 aromatic carbocycles. The normalized spacial score (nSPS) is 14.3. The van der Waals surface area contributed by atoms with Gasteiger partial charge in [-0.05, 0) is 63.2 Å². The molecule has 0 amide bonds. The lowest BCUT2D eigenvalue weighted by Gasteiger charge is -2.21. The number of hydrogen-bond donors (Lipinski definition) is 3. The van der Waals surface area contributed by atoms with Crippen molar-refractivity contribution in [3.63, 3.8) is 0 Å². The molecular weight excluding hydrogens is 1310 g/mol. The van der Waals surface area contributed by atoms with Gasteiger partial charge in [-0.3, -0.25) is 37.3 Å². The van der Waals surface area contributed by atoms with Gasteiger partial charge in [-0.15, -0.1) is 0 Å². The van der Waals surface area contributed by atoms with Crippen molar-refractivity contribution in [2.45, 2.75) is 419 Å². The fraction of sp³-hybridized carbons (Fsp3) is 0.901. The van der Waals surface area contributed by atoms with Gasteiger partial charge in [0.05, 0.1) is 26.4 Å². The molecule has 590 valence electrons. The monoisotopic (exact) mass is 1460 g/mol. The van der Waals surface area contributed by atoms with Gasteiger partial charge >= 0.3 is 39.5 Å². The summed E-state index contributed by atoms with van der Waals surface area (Å²) < 4.78 is 68.7. The molecule has 0 bridgehead atoms. The minimum atomic E-state index is -4.97. The van der Waals surface area contributed by atoms with Crippen LogP contribution in [0.1, 0.15) is 401 Å². The van der Waals surface area contributed by atoms with Crippen LogP contribution in [0.4, 0.5) is 0 Å². The highest BCUT2D eigenvalue weighted by Crippen LogP contribution is 2.45. The summed E-state index contributed by atoms with van der Waals surface area (Å²) in [4.78, 5) is 73.0. The SMILES string of the molecule is CCCCCC/C=C\C=C/CCCCCCCC(=O)O[C@H](COC(=O)CCCCCCCCCCCCC)COP(=O)(O)OC[C@H](O)COP(=O)(O)OC[C@@H](COC(=O)CCCCCCCCCCCCCCCC(C)C)OC(=O)CCCCCCCCCCCCCCCCC(C)CC. The molecule has 0 saturated heterocycles. The predicted molar refractivity (Wildman–Crippen MR) is 409 cm³/mol. The molecule has 0 rings (SSSR count). The molecule has 17 nitrogen and oxygen atoms in total. The molecule has 100 heavy (non-hydrogen) atoms. The number of unbranched alkanes of at least 4 members (excludes halogenated alkanes) is 44. The highest BCUT2D eigenvalue weighted by Gasteiger charge is 2.30. The first-order valence-electron chi connectivity index (χ1n) is 41.3. The van der Waals surface area contributed by atoms with Crippen LogP contribution in [-0.4, -0.2) is 96.7 Å². The van der Waals surface area contributed by atoms with Gasteiger partial charge in [-0.25, -0.2) is 9.13 Å². The zero-order chi connectivity index (χ0) is 73.5. The minimum Gasteiger partial charge on any atom is -0.462 e. The molecule has 0 heterocycles. The third-order valence-electron chi connectivity index (χ3n) is 18.7. The van der Waals surface area contributed by atoms with E-state index in [4.69, 9.17) is 37.0 Å². The Morgan fingerprint density at radius 3 is 0.900 bits per heavy atom. The van der Waals surface area contributed by atoms with Crippen LogP contribution in [0.5, 0.6) is 0 Å². The second-order valence-corrected chi connectivity index (χ2v) is 32.1. The molecule has 3 unspecified atom stereocenters. The van der Waals surface area contributed by atoms with Crippen LogP contribution < -0.4 is 0 Å². The number of ether oxygens (including phenoxy) is 4. The van der Waals surface area contributed by atoms with Crippen molar-refractivity contribution in [1.82, 2.24) is 0 Å². The van der Waals surface area contributed by atoms with E-state index in [0.29, 0.717) is 25.7 Å². The second-order valence-electron chi connectivity index (χ2n) is 29.2. The molecule has 0 spiro atoms. The van der Waals surface area contributed by atoms with Crippen LogP contribution in [-0.2, 0) is 65.4 Å². The predicted octanol–water partition coefficient (Wildman–Crippen LogP) is 23.8. The van der Waals surface area contributed by atoms with Gasteiger partial charge in [-0.1, -0.05) is 348 Å². The fourth-order valence-electron chi connectivity index (χ4n) is 12.0. The lowest BCUT2D eigenvalue weighted by atomic mass is 9.99. The van der Waals surface area contributed by atoms with Crippen LogP contribution in [0.2, 0.25) is 0 Å². The highest BCUT2D eigenvalue weighted by molar-refractivity contribution is 7.47. The molecule has 0 aliphatic carbocycles. The van der Waals surface area contributed by atoms with Gasteiger partial charge in [0.25, 0.3) is 0 Å². The van der Waals surface area contributed by atoms with Crippen molar-refractivity contribution in [1.29, 1.82) is 0 Å². The topological polar surface area (TPSA) is 237 Å². The van der Waals surface area contributed by atoms with E-state index in [1.165, 1.54) is 205 Å². The summed E-state index contributed by atoms with van der Waals surface area (Å²) in [5.41, 5.74) is 0. The van der Waals surface area contributed by atoms with Crippen molar-refractivity contribution < 1.29 is 80.2 Å². The summed E-state index contributed by atoms with van der Waals surface area (Å²) in [5.74, 6) is -0.504. The molecule has 0 aliphatic heterocycles. The highest BCUT2D eigenvalue weighted by atomic mass is 31.2. The van der Waals surface area contributed by atoms with Crippen molar-refractivity contribution in [2.24, 2.45) is 11.8 Å². The number of aliphatic hydroxyl groups is 1. The molecule has 19 heteroatoms. The number of allylic oxidation sites excluding steroid dienone is 4. The van der Waals surface area contributed by atoms with Gasteiger partial charge in [0.2, 0.25) is 0 Å². The molecule has 0 radical (unpaired) electrons. The van der Waals surface area contributed by atoms with E-state index in [0.717, 1.165) is 115 Å². The van der Waals surface area contributed by atoms with Gasteiger partial charge in [0.15, 0.2) is 12.2 Å². The maximum atomic E-state index is 13.1. The van der Waals surface area contributed by atoms with Gasteiger partial charge in [0, 0.05) is 25.7 Å². The van der Waals surface area contributed by atoms with Crippen molar-refractivity contribution in [2.75, 3.05) is 39.6 Å². The minimum absolute atomic E-state index is 0.0854. The average Bonchev–Trinajstić information content (AvgIpc) is 0.976. The maximum Gasteiger partial charge on any atom is 0.472 e. The van der Waals surface area contributed by atoms with E-state index >= 15 is 0 Å². The Morgan fingerprint density at radius 1 is 0.330 bits per heavy atom. The molecule has 0 fully saturated rings. The molecule has 6 atom stereocenters. The molecule has 0 aliphatic rings. The number of phosphoric acid groups is 2. The number of rotatable bonds is 78. The Morgan fingerprint density at radius 2 is 0.590 bits per heavy atom. The van der Waals surface area contributed by atoms with Crippen LogP contribution in [0, 0.1) is 11.8 Å². The van der Waals surface area contributed by atoms with E-state index < -0.39 is 97.5 Å². The van der Waals surface area contributed by atoms with E-state index in [1.807, 2.05) is 0 Å². The summed E-state index contributed by atoms with van der Waals surface area (Å²) in [6, 6.07) is 0. The summed E-state index contributed by atoms with van der Waals surface area (Å²) in [5, 5.41) is 10.6. The number of esters is 4. The van der Waals surface area contributed by atoms with Crippen molar-refractivity contribution in [3.8, 4) is 0 Å². The lowest BCUT2D eigenvalue weighted by Crippen LogP contribution is -2.30. The quantitative estimate of drug-likeness (QED) is 0.0169. The fourth-order valence-corrected chi connectivity index (χ4v) is 13.5. The number of aliphatic hydroxyl groups excluding tert-OH is 1. The molecule has 0 aromatic rings. The third kappa shape index (κ3) is 72.5. The smallest absolute Gasteiger partial charge is 0.462 e. The Labute approximate surface area is 612 Å². The molecule has 0 aromatic heterocycles. The zero-order valence-electron chi connectivity index (χ0n) is 65.0. The standard InChI is InChI=1S/C81H154O17P2/c1-7-10-12-14-16-18-20-21-22-28-35-41-47-53-59-65-80(85)97-76(69-91-78(83)63-57-51-45-39-31-19-17-15-13-11-8-2)71-95-99(87,88)93-67-75(82)68-94-100(89,90)96-72-77(70-92-79(84)64-58-52-46-40-34-30-25-26-32-37-43-49-55-61-73(4)5)98-81(86)66-60-54-48-42-36-29-24-23-27-33-38-44-50-56-62-74(6)9-3/h18,20-22,73-77,82H,7-17,19,23-72H2,1-6H3,(H,87,88)(H,89,90)/b20-18-,22-21-/t74?,75-,76+,77+/m0/s1. The van der Waals surface area contributed by atoms with Crippen LogP contribution in [0.15, 0.2) is 24.3 Å². The third-order valence-corrected chi connectivity index (χ3v) is 20.6. The summed E-state index contributed by atoms with van der Waals surface area (Å²) in [6.45, 7) is 9.64. The number of carbonyl (C=O) groups excluding carboxylic acids is 4. The first kappa shape index (κ1) is 97.5. The zero-order valence-corrected chi connectivity index (χ0v) is 66.8. The van der Waals surface area contributed by atoms with Crippen LogP contribution in [0.25, 0.3) is 0 Å². The Kier molecular flexibility index (Phi) is 70.3. The first-order valence-corrected chi connectivity index (χ1v) is 44.3. The van der Waals surface area contributed by atoms with Crippen LogP contribution in [0.3, 0.4) is 0 Å². The van der Waals surface area contributed by atoms with Gasteiger partial charge in [-0.2, -0.15) is 0 Å². The lowest BCUT2D eigenvalue weighted by molar-refractivity contribution is -0.161. The largest absolute Gasteiger partial charge is 0.472 e. The molecule has 3 N–H and O–H groups in total. The number of hydrogen-bond acceptors (Lipinski definition) is 15. The second kappa shape index (κ2) is 72.1. The summed E-state index contributed by atoms with van der Waals surface area (Å²) >= 11 is 0. The average molecular weight is 1460 g/mol. The van der Waals surface area contributed by atoms with Crippen molar-refractivity contribution >= 4 is 39.5 Å². The van der Waals surface area contributed by atoms with Gasteiger partial charge in [0.1, 0.15) is 19.3 Å². The Balaban J connectivity index is 5.29. The Bertz CT molecular complexity index is 2020. The van der Waals surface area contributed by atoms with E-state index in [1.54, 1.807) is 0 Å². The molecule has 0 saturated carbocycles. The van der Waals surface area contributed by atoms with Gasteiger partial charge < -0.3 is 33.8 Å².